The van der Waals surface area contributed by atoms with E-state index in [4.69, 9.17) is 4.74 Å². The summed E-state index contributed by atoms with van der Waals surface area (Å²) in [7, 11) is 0. The zero-order valence-electron chi connectivity index (χ0n) is 7.24. The van der Waals surface area contributed by atoms with E-state index in [0.717, 1.165) is 0 Å². The number of thiophene rings is 1. The van der Waals surface area contributed by atoms with E-state index < -0.39 is 0 Å². The molecule has 12 heavy (non-hydrogen) atoms. The van der Waals surface area contributed by atoms with E-state index in [9.17, 15) is 4.79 Å². The first-order valence-corrected chi connectivity index (χ1v) is 4.78. The minimum Gasteiger partial charge on any atom is -0.461 e. The minimum absolute atomic E-state index is 0.210. The van der Waals surface area contributed by atoms with Gasteiger partial charge in [0, 0.05) is 0 Å². The van der Waals surface area contributed by atoms with Crippen LogP contribution >= 0.6 is 11.3 Å². The summed E-state index contributed by atoms with van der Waals surface area (Å²) in [5.41, 5.74) is 0. The van der Waals surface area contributed by atoms with E-state index in [2.05, 4.69) is 0 Å². The molecule has 0 radical (unpaired) electrons. The average Bonchev–Trinajstić information content (AvgIpc) is 2.51. The molecule has 0 aliphatic rings. The fourth-order valence-electron chi connectivity index (χ4n) is 0.708. The first-order chi connectivity index (χ1) is 5.70. The average molecular weight is 184 g/mol. The molecule has 0 aliphatic carbocycles. The van der Waals surface area contributed by atoms with Crippen LogP contribution in [0.25, 0.3) is 0 Å². The topological polar surface area (TPSA) is 26.3 Å². The van der Waals surface area contributed by atoms with Crippen molar-refractivity contribution in [3.63, 3.8) is 0 Å². The molecular weight excluding hydrogens is 172 g/mol. The van der Waals surface area contributed by atoms with Crippen molar-refractivity contribution in [1.29, 1.82) is 0 Å². The van der Waals surface area contributed by atoms with Crippen LogP contribution in [0.15, 0.2) is 17.5 Å². The number of hydrogen-bond acceptors (Lipinski definition) is 3. The molecule has 2 nitrogen and oxygen atoms in total. The quantitative estimate of drug-likeness (QED) is 0.675. The predicted molar refractivity (Wildman–Crippen MR) is 49.4 cm³/mol. The van der Waals surface area contributed by atoms with Crippen LogP contribution in [-0.4, -0.2) is 12.6 Å². The first-order valence-electron chi connectivity index (χ1n) is 3.91. The molecule has 0 amide bonds. The fourth-order valence-corrected chi connectivity index (χ4v) is 1.32. The van der Waals surface area contributed by atoms with Gasteiger partial charge in [-0.3, -0.25) is 0 Å². The van der Waals surface area contributed by atoms with Gasteiger partial charge in [-0.15, -0.1) is 11.3 Å². The highest BCUT2D eigenvalue weighted by atomic mass is 32.1. The molecule has 0 N–H and O–H groups in total. The Kier molecular flexibility index (Phi) is 3.29. The van der Waals surface area contributed by atoms with Crippen LogP contribution < -0.4 is 0 Å². The molecule has 0 atom stereocenters. The van der Waals surface area contributed by atoms with Crippen LogP contribution in [0.1, 0.15) is 23.5 Å². The summed E-state index contributed by atoms with van der Waals surface area (Å²) in [6, 6.07) is 3.62. The van der Waals surface area contributed by atoms with E-state index >= 15 is 0 Å². The van der Waals surface area contributed by atoms with Crippen molar-refractivity contribution in [2.24, 2.45) is 5.92 Å². The van der Waals surface area contributed by atoms with Gasteiger partial charge in [0.1, 0.15) is 4.88 Å². The molecule has 1 aromatic rings. The Morgan fingerprint density at radius 3 is 2.92 bits per heavy atom. The van der Waals surface area contributed by atoms with Crippen LogP contribution in [0.4, 0.5) is 0 Å². The minimum atomic E-state index is -0.210. The molecule has 0 aromatic carbocycles. The lowest BCUT2D eigenvalue weighted by molar-refractivity contribution is 0.0465. The van der Waals surface area contributed by atoms with Crippen LogP contribution in [-0.2, 0) is 4.74 Å². The van der Waals surface area contributed by atoms with Crippen LogP contribution in [0.2, 0.25) is 0 Å². The number of rotatable bonds is 3. The maximum Gasteiger partial charge on any atom is 0.348 e. The Labute approximate surface area is 76.2 Å². The second-order valence-corrected chi connectivity index (χ2v) is 3.92. The summed E-state index contributed by atoms with van der Waals surface area (Å²) in [6.07, 6.45) is 0. The van der Waals surface area contributed by atoms with Gasteiger partial charge in [0.25, 0.3) is 0 Å². The SMILES string of the molecule is CC(C)COC(=O)c1cccs1. The molecule has 0 bridgehead atoms. The van der Waals surface area contributed by atoms with E-state index in [-0.39, 0.29) is 5.97 Å². The van der Waals surface area contributed by atoms with Crippen molar-refractivity contribution in [2.45, 2.75) is 13.8 Å². The van der Waals surface area contributed by atoms with Gasteiger partial charge in [0.05, 0.1) is 6.61 Å². The van der Waals surface area contributed by atoms with Gasteiger partial charge in [-0.05, 0) is 17.4 Å². The Balaban J connectivity index is 2.40. The molecular formula is C9H12O2S. The third kappa shape index (κ3) is 2.66. The highest BCUT2D eigenvalue weighted by molar-refractivity contribution is 7.11. The zero-order valence-corrected chi connectivity index (χ0v) is 8.06. The first kappa shape index (κ1) is 9.26. The fraction of sp³-hybridized carbons (Fsp3) is 0.444. The number of esters is 1. The Morgan fingerprint density at radius 1 is 1.67 bits per heavy atom. The largest absolute Gasteiger partial charge is 0.461 e. The zero-order chi connectivity index (χ0) is 8.97. The molecule has 0 saturated heterocycles. The van der Waals surface area contributed by atoms with Gasteiger partial charge in [-0.1, -0.05) is 19.9 Å². The molecule has 0 fully saturated rings. The van der Waals surface area contributed by atoms with E-state index in [1.807, 2.05) is 25.3 Å². The Morgan fingerprint density at radius 2 is 2.42 bits per heavy atom. The maximum atomic E-state index is 11.2. The molecule has 0 unspecified atom stereocenters. The second-order valence-electron chi connectivity index (χ2n) is 2.97. The van der Waals surface area contributed by atoms with Gasteiger partial charge in [-0.25, -0.2) is 4.79 Å². The van der Waals surface area contributed by atoms with Crippen molar-refractivity contribution >= 4 is 17.3 Å². The lowest BCUT2D eigenvalue weighted by Gasteiger charge is -2.04. The number of carbonyl (C=O) groups is 1. The molecule has 0 spiro atoms. The van der Waals surface area contributed by atoms with Crippen molar-refractivity contribution in [3.05, 3.63) is 22.4 Å². The predicted octanol–water partition coefficient (Wildman–Crippen LogP) is 2.56. The maximum absolute atomic E-state index is 11.2. The summed E-state index contributed by atoms with van der Waals surface area (Å²) in [5, 5.41) is 1.87. The summed E-state index contributed by atoms with van der Waals surface area (Å²) in [5.74, 6) is 0.188. The van der Waals surface area contributed by atoms with Gasteiger partial charge in [-0.2, -0.15) is 0 Å². The normalized spacial score (nSPS) is 10.2. The van der Waals surface area contributed by atoms with Crippen LogP contribution in [0, 0.1) is 5.92 Å². The standard InChI is InChI=1S/C9H12O2S/c1-7(2)6-11-9(10)8-4-3-5-12-8/h3-5,7H,6H2,1-2H3. The van der Waals surface area contributed by atoms with Crippen molar-refractivity contribution in [3.8, 4) is 0 Å². The van der Waals surface area contributed by atoms with Crippen molar-refractivity contribution in [2.75, 3.05) is 6.61 Å². The van der Waals surface area contributed by atoms with Gasteiger partial charge in [0.15, 0.2) is 0 Å². The summed E-state index contributed by atoms with van der Waals surface area (Å²) in [4.78, 5) is 11.9. The molecule has 0 aliphatic heterocycles. The third-order valence-corrected chi connectivity index (χ3v) is 2.12. The van der Waals surface area contributed by atoms with E-state index in [1.54, 1.807) is 6.07 Å². The third-order valence-electron chi connectivity index (χ3n) is 1.27. The lowest BCUT2D eigenvalue weighted by Crippen LogP contribution is -2.08. The second kappa shape index (κ2) is 4.26. The molecule has 1 rings (SSSR count). The Bertz CT molecular complexity index is 239. The van der Waals surface area contributed by atoms with Gasteiger partial charge >= 0.3 is 5.97 Å². The van der Waals surface area contributed by atoms with Crippen molar-refractivity contribution < 1.29 is 9.53 Å². The number of ether oxygens (including phenoxy) is 1. The molecule has 3 heteroatoms. The monoisotopic (exact) mass is 184 g/mol. The molecule has 1 heterocycles. The van der Waals surface area contributed by atoms with Crippen molar-refractivity contribution in [1.82, 2.24) is 0 Å². The summed E-state index contributed by atoms with van der Waals surface area (Å²) < 4.78 is 5.02. The van der Waals surface area contributed by atoms with Crippen LogP contribution in [0.5, 0.6) is 0 Å². The van der Waals surface area contributed by atoms with Gasteiger partial charge < -0.3 is 4.74 Å². The molecule has 0 saturated carbocycles. The highest BCUT2D eigenvalue weighted by Gasteiger charge is 2.07. The van der Waals surface area contributed by atoms with Crippen LogP contribution in [0.3, 0.4) is 0 Å². The number of carbonyl (C=O) groups excluding carboxylic acids is 1. The smallest absolute Gasteiger partial charge is 0.348 e. The van der Waals surface area contributed by atoms with E-state index in [0.29, 0.717) is 17.4 Å². The Hall–Kier alpha value is -0.830. The van der Waals surface area contributed by atoms with E-state index in [1.165, 1.54) is 11.3 Å². The lowest BCUT2D eigenvalue weighted by atomic mass is 10.2. The highest BCUT2D eigenvalue weighted by Crippen LogP contribution is 2.10. The van der Waals surface area contributed by atoms with Gasteiger partial charge in [0.2, 0.25) is 0 Å². The molecule has 1 aromatic heterocycles. The summed E-state index contributed by atoms with van der Waals surface area (Å²) >= 11 is 1.41. The summed E-state index contributed by atoms with van der Waals surface area (Å²) in [6.45, 7) is 4.53. The number of hydrogen-bond donors (Lipinski definition) is 0. The molecule has 66 valence electrons.